The minimum Gasteiger partial charge on any atom is -0.0610 e. The van der Waals surface area contributed by atoms with E-state index in [4.69, 9.17) is 0 Å². The third kappa shape index (κ3) is 2.22. The quantitative estimate of drug-likeness (QED) is 0.139. The van der Waals surface area contributed by atoms with Crippen molar-refractivity contribution < 1.29 is 0 Å². The van der Waals surface area contributed by atoms with Crippen molar-refractivity contribution in [1.82, 2.24) is 0 Å². The van der Waals surface area contributed by atoms with E-state index >= 15 is 0 Å². The van der Waals surface area contributed by atoms with Crippen LogP contribution in [0.25, 0.3) is 108 Å². The van der Waals surface area contributed by atoms with E-state index in [1.165, 1.54) is 113 Å². The van der Waals surface area contributed by atoms with Gasteiger partial charge in [-0.05, 0) is 132 Å². The van der Waals surface area contributed by atoms with Gasteiger partial charge in [-0.1, -0.05) is 103 Å². The van der Waals surface area contributed by atoms with Gasteiger partial charge < -0.3 is 0 Å². The topological polar surface area (TPSA) is 0 Å². The van der Waals surface area contributed by atoms with Gasteiger partial charge in [-0.15, -0.1) is 0 Å². The molecule has 0 amide bonds. The van der Waals surface area contributed by atoms with Crippen LogP contribution in [0, 0.1) is 6.92 Å². The van der Waals surface area contributed by atoms with Crippen LogP contribution < -0.4 is 0 Å². The zero-order valence-corrected chi connectivity index (χ0v) is 22.5. The van der Waals surface area contributed by atoms with Crippen molar-refractivity contribution in [3.8, 4) is 0 Å². The molecule has 0 radical (unpaired) electrons. The number of benzene rings is 9. The Morgan fingerprint density at radius 1 is 0.268 bits per heavy atom. The fourth-order valence-electron chi connectivity index (χ4n) is 8.61. The standard InChI is InChI=1S/C41H22/c1-21-17-18-31-37-25(21)11-6-16-30(37)40-36-24(19-32-26-12-2-7-22-9-4-14-28(34(22)26)38(32)40)20-33-27-13-3-8-23-10-5-15-29(35(23)27)39(33)41(31)36/h2-20H,1H3. The lowest BCUT2D eigenvalue weighted by Gasteiger charge is -2.18. The summed E-state index contributed by atoms with van der Waals surface area (Å²) in [4.78, 5) is 0. The van der Waals surface area contributed by atoms with Gasteiger partial charge >= 0.3 is 0 Å². The van der Waals surface area contributed by atoms with Crippen LogP contribution in [0.3, 0.4) is 0 Å². The molecule has 0 fully saturated rings. The number of hydrogen-bond acceptors (Lipinski definition) is 0. The number of rotatable bonds is 0. The summed E-state index contributed by atoms with van der Waals surface area (Å²) in [6, 6.07) is 43.9. The molecule has 0 atom stereocenters. The van der Waals surface area contributed by atoms with Gasteiger partial charge in [0.15, 0.2) is 0 Å². The van der Waals surface area contributed by atoms with Gasteiger partial charge in [-0.2, -0.15) is 0 Å². The highest BCUT2D eigenvalue weighted by Crippen LogP contribution is 2.53. The first-order chi connectivity index (χ1) is 20.3. The fraction of sp³-hybridized carbons (Fsp3) is 0.0244. The molecule has 0 aliphatic rings. The molecule has 0 unspecified atom stereocenters. The molecule has 0 heteroatoms. The van der Waals surface area contributed by atoms with Gasteiger partial charge in [0.2, 0.25) is 0 Å². The van der Waals surface area contributed by atoms with E-state index < -0.39 is 0 Å². The Morgan fingerprint density at radius 3 is 1.27 bits per heavy atom. The van der Waals surface area contributed by atoms with Crippen molar-refractivity contribution >= 4 is 108 Å². The van der Waals surface area contributed by atoms with Crippen LogP contribution in [0.2, 0.25) is 0 Å². The van der Waals surface area contributed by atoms with Crippen molar-refractivity contribution in [3.63, 3.8) is 0 Å². The Bertz CT molecular complexity index is 2730. The maximum Gasteiger partial charge on any atom is -0.000739 e. The summed E-state index contributed by atoms with van der Waals surface area (Å²) in [6.45, 7) is 2.26. The highest BCUT2D eigenvalue weighted by atomic mass is 14.3. The van der Waals surface area contributed by atoms with Crippen LogP contribution in [0.1, 0.15) is 5.56 Å². The Kier molecular flexibility index (Phi) is 3.40. The van der Waals surface area contributed by atoms with Crippen LogP contribution >= 0.6 is 0 Å². The van der Waals surface area contributed by atoms with Gasteiger partial charge in [0.05, 0.1) is 0 Å². The molecule has 11 aromatic carbocycles. The van der Waals surface area contributed by atoms with Crippen molar-refractivity contribution in [2.75, 3.05) is 0 Å². The number of aryl methyl sites for hydroxylation is 1. The average Bonchev–Trinajstić information content (AvgIpc) is 3.51. The van der Waals surface area contributed by atoms with E-state index in [2.05, 4.69) is 122 Å². The summed E-state index contributed by atoms with van der Waals surface area (Å²) in [6.07, 6.45) is 0. The van der Waals surface area contributed by atoms with Crippen molar-refractivity contribution in [3.05, 3.63) is 121 Å². The lowest BCUT2D eigenvalue weighted by molar-refractivity contribution is 1.55. The molecule has 0 bridgehead atoms. The second-order valence-corrected chi connectivity index (χ2v) is 12.0. The summed E-state index contributed by atoms with van der Waals surface area (Å²) < 4.78 is 0. The minimum absolute atomic E-state index is 1.32. The predicted molar refractivity (Wildman–Crippen MR) is 180 cm³/mol. The summed E-state index contributed by atoms with van der Waals surface area (Å²) in [5.74, 6) is 0. The lowest BCUT2D eigenvalue weighted by Crippen LogP contribution is -1.90. The minimum atomic E-state index is 1.32. The summed E-state index contributed by atoms with van der Waals surface area (Å²) in [7, 11) is 0. The molecule has 0 N–H and O–H groups in total. The first kappa shape index (κ1) is 20.7. The van der Waals surface area contributed by atoms with Crippen molar-refractivity contribution in [1.29, 1.82) is 0 Å². The van der Waals surface area contributed by atoms with E-state index in [1.54, 1.807) is 0 Å². The first-order valence-corrected chi connectivity index (χ1v) is 14.5. The van der Waals surface area contributed by atoms with E-state index in [0.29, 0.717) is 0 Å². The summed E-state index contributed by atoms with van der Waals surface area (Å²) in [5.41, 5.74) is 1.33. The molecule has 0 nitrogen and oxygen atoms in total. The van der Waals surface area contributed by atoms with Crippen LogP contribution in [0.15, 0.2) is 115 Å². The van der Waals surface area contributed by atoms with E-state index in [-0.39, 0.29) is 0 Å². The highest BCUT2D eigenvalue weighted by molar-refractivity contribution is 6.50. The Hall–Kier alpha value is -5.20. The average molecular weight is 515 g/mol. The summed E-state index contributed by atoms with van der Waals surface area (Å²) in [5, 5.41) is 27.5. The zero-order valence-electron chi connectivity index (χ0n) is 22.5. The van der Waals surface area contributed by atoms with Crippen LogP contribution in [-0.4, -0.2) is 0 Å². The SMILES string of the molecule is Cc1ccc2c3c1cccc3c1c3c(cc4cc5c6cccc7cccc(c76)c5c2c41)c1cccc2cccc3c21. The molecule has 11 aromatic rings. The second kappa shape index (κ2) is 6.74. The lowest BCUT2D eigenvalue weighted by atomic mass is 9.84. The van der Waals surface area contributed by atoms with Crippen LogP contribution in [0.4, 0.5) is 0 Å². The van der Waals surface area contributed by atoms with Gasteiger partial charge in [-0.25, -0.2) is 0 Å². The third-order valence-electron chi connectivity index (χ3n) is 10.2. The molecule has 0 spiro atoms. The number of hydrogen-bond donors (Lipinski definition) is 0. The van der Waals surface area contributed by atoms with Gasteiger partial charge in [0.1, 0.15) is 0 Å². The zero-order chi connectivity index (χ0) is 26.6. The maximum absolute atomic E-state index is 2.50. The molecule has 11 rings (SSSR count). The van der Waals surface area contributed by atoms with E-state index in [9.17, 15) is 0 Å². The second-order valence-electron chi connectivity index (χ2n) is 12.0. The molecule has 0 aliphatic heterocycles. The molecule has 41 heavy (non-hydrogen) atoms. The predicted octanol–water partition coefficient (Wildman–Crippen LogP) is 11.8. The normalized spacial score (nSPS) is 13.0. The maximum atomic E-state index is 2.50. The van der Waals surface area contributed by atoms with Crippen molar-refractivity contribution in [2.24, 2.45) is 0 Å². The molecular formula is C41H22. The van der Waals surface area contributed by atoms with Gasteiger partial charge in [0.25, 0.3) is 0 Å². The molecule has 0 heterocycles. The van der Waals surface area contributed by atoms with Crippen LogP contribution in [0.5, 0.6) is 0 Å². The summed E-state index contributed by atoms with van der Waals surface area (Å²) >= 11 is 0. The molecule has 186 valence electrons. The first-order valence-electron chi connectivity index (χ1n) is 14.5. The molecule has 0 saturated carbocycles. The fourth-order valence-corrected chi connectivity index (χ4v) is 8.61. The van der Waals surface area contributed by atoms with Gasteiger partial charge in [0, 0.05) is 0 Å². The van der Waals surface area contributed by atoms with Crippen molar-refractivity contribution in [2.45, 2.75) is 6.92 Å². The van der Waals surface area contributed by atoms with Crippen LogP contribution in [-0.2, 0) is 0 Å². The molecule has 0 aromatic heterocycles. The Balaban J connectivity index is 1.60. The third-order valence-corrected chi connectivity index (χ3v) is 10.2. The van der Waals surface area contributed by atoms with E-state index in [0.717, 1.165) is 0 Å². The highest BCUT2D eigenvalue weighted by Gasteiger charge is 2.24. The smallest absolute Gasteiger partial charge is 0.000739 e. The Labute approximate surface area is 235 Å². The molecule has 0 saturated heterocycles. The molecular weight excluding hydrogens is 492 g/mol. The van der Waals surface area contributed by atoms with E-state index in [1.807, 2.05) is 0 Å². The number of fused-ring (bicyclic) bond motifs is 10. The Morgan fingerprint density at radius 2 is 0.707 bits per heavy atom. The molecule has 0 aliphatic carbocycles. The van der Waals surface area contributed by atoms with Gasteiger partial charge in [-0.3, -0.25) is 0 Å². The largest absolute Gasteiger partial charge is 0.0610 e. The monoisotopic (exact) mass is 514 g/mol.